The van der Waals surface area contributed by atoms with Crippen molar-refractivity contribution in [2.45, 2.75) is 0 Å². The third-order valence-corrected chi connectivity index (χ3v) is 4.60. The molecule has 146 valence electrons. The maximum atomic E-state index is 13.3. The summed E-state index contributed by atoms with van der Waals surface area (Å²) in [4.78, 5) is 17.9. The number of para-hydroxylation sites is 1. The van der Waals surface area contributed by atoms with Crippen molar-refractivity contribution < 1.29 is 14.9 Å². The lowest BCUT2D eigenvalue weighted by Gasteiger charge is -2.15. The molecule has 7 heteroatoms. The number of phenolic OH excluding ortho intramolecular Hbond substituents is 2. The predicted octanol–water partition coefficient (Wildman–Crippen LogP) is 4.08. The SMILES string of the molecule is O=c1c2cccc(O)c2nc(-c2ccc(OCCCl)cc2)n1-c1ccc(O)cc1. The van der Waals surface area contributed by atoms with Crippen LogP contribution in [0, 0.1) is 0 Å². The van der Waals surface area contributed by atoms with Gasteiger partial charge < -0.3 is 14.9 Å². The van der Waals surface area contributed by atoms with Crippen LogP contribution >= 0.6 is 11.6 Å². The van der Waals surface area contributed by atoms with Crippen molar-refractivity contribution in [3.8, 4) is 34.3 Å². The van der Waals surface area contributed by atoms with Crippen molar-refractivity contribution in [1.29, 1.82) is 0 Å². The van der Waals surface area contributed by atoms with E-state index in [2.05, 4.69) is 4.98 Å². The molecule has 1 aromatic heterocycles. The minimum absolute atomic E-state index is 0.0687. The molecule has 4 rings (SSSR count). The Kier molecular flexibility index (Phi) is 5.10. The highest BCUT2D eigenvalue weighted by Crippen LogP contribution is 2.28. The largest absolute Gasteiger partial charge is 0.508 e. The summed E-state index contributed by atoms with van der Waals surface area (Å²) in [5, 5.41) is 20.1. The summed E-state index contributed by atoms with van der Waals surface area (Å²) in [6.07, 6.45) is 0. The van der Waals surface area contributed by atoms with Gasteiger partial charge in [-0.2, -0.15) is 0 Å². The number of rotatable bonds is 5. The van der Waals surface area contributed by atoms with E-state index < -0.39 is 0 Å². The van der Waals surface area contributed by atoms with Crippen LogP contribution in [0.4, 0.5) is 0 Å². The zero-order valence-electron chi connectivity index (χ0n) is 15.2. The van der Waals surface area contributed by atoms with Crippen LogP contribution in [0.15, 0.2) is 71.5 Å². The molecule has 0 aliphatic heterocycles. The lowest BCUT2D eigenvalue weighted by atomic mass is 10.1. The third-order valence-electron chi connectivity index (χ3n) is 4.44. The molecular weight excluding hydrogens is 392 g/mol. The molecule has 0 atom stereocenters. The van der Waals surface area contributed by atoms with Crippen molar-refractivity contribution in [2.75, 3.05) is 12.5 Å². The van der Waals surface area contributed by atoms with Gasteiger partial charge in [0.05, 0.1) is 17.0 Å². The van der Waals surface area contributed by atoms with Crippen LogP contribution in [-0.4, -0.2) is 32.3 Å². The van der Waals surface area contributed by atoms with Gasteiger partial charge in [0.15, 0.2) is 0 Å². The summed E-state index contributed by atoms with van der Waals surface area (Å²) in [5.74, 6) is 1.42. The molecule has 0 spiro atoms. The summed E-state index contributed by atoms with van der Waals surface area (Å²) in [6.45, 7) is 0.390. The van der Waals surface area contributed by atoms with E-state index in [1.165, 1.54) is 22.8 Å². The van der Waals surface area contributed by atoms with E-state index in [-0.39, 0.29) is 22.6 Å². The van der Waals surface area contributed by atoms with Crippen molar-refractivity contribution >= 4 is 22.5 Å². The molecule has 0 amide bonds. The molecule has 6 nitrogen and oxygen atoms in total. The molecule has 0 fully saturated rings. The van der Waals surface area contributed by atoms with Crippen LogP contribution < -0.4 is 10.3 Å². The first-order valence-electron chi connectivity index (χ1n) is 8.92. The van der Waals surface area contributed by atoms with E-state index in [1.807, 2.05) is 0 Å². The first-order valence-corrected chi connectivity index (χ1v) is 9.45. The third kappa shape index (κ3) is 3.62. The zero-order valence-corrected chi connectivity index (χ0v) is 16.0. The number of halogens is 1. The number of aromatic nitrogens is 2. The normalized spacial score (nSPS) is 10.9. The van der Waals surface area contributed by atoms with Crippen molar-refractivity contribution in [1.82, 2.24) is 9.55 Å². The van der Waals surface area contributed by atoms with Crippen molar-refractivity contribution in [3.05, 3.63) is 77.1 Å². The minimum Gasteiger partial charge on any atom is -0.508 e. The fourth-order valence-corrected chi connectivity index (χ4v) is 3.16. The molecule has 0 saturated heterocycles. The van der Waals surface area contributed by atoms with Crippen molar-refractivity contribution in [3.63, 3.8) is 0 Å². The summed E-state index contributed by atoms with van der Waals surface area (Å²) in [5.41, 5.74) is 1.11. The number of benzene rings is 3. The van der Waals surface area contributed by atoms with Gasteiger partial charge in [-0.3, -0.25) is 9.36 Å². The van der Waals surface area contributed by atoms with Gasteiger partial charge in [0.25, 0.3) is 5.56 Å². The van der Waals surface area contributed by atoms with Gasteiger partial charge in [0.1, 0.15) is 35.2 Å². The van der Waals surface area contributed by atoms with E-state index >= 15 is 0 Å². The highest BCUT2D eigenvalue weighted by molar-refractivity contribution is 6.18. The molecule has 0 aliphatic carbocycles. The summed E-state index contributed by atoms with van der Waals surface area (Å²) in [6, 6.07) is 18.1. The maximum Gasteiger partial charge on any atom is 0.266 e. The smallest absolute Gasteiger partial charge is 0.266 e. The second-order valence-corrected chi connectivity index (χ2v) is 6.71. The quantitative estimate of drug-likeness (QED) is 0.486. The minimum atomic E-state index is -0.325. The molecule has 3 aromatic carbocycles. The molecule has 4 aromatic rings. The van der Waals surface area contributed by atoms with Crippen LogP contribution in [0.5, 0.6) is 17.2 Å². The van der Waals surface area contributed by atoms with Crippen LogP contribution in [0.3, 0.4) is 0 Å². The molecular formula is C22H17ClN2O4. The fourth-order valence-electron chi connectivity index (χ4n) is 3.09. The Morgan fingerprint density at radius 3 is 2.38 bits per heavy atom. The average molecular weight is 409 g/mol. The monoisotopic (exact) mass is 408 g/mol. The predicted molar refractivity (Wildman–Crippen MR) is 112 cm³/mol. The van der Waals surface area contributed by atoms with Crippen LogP contribution in [0.1, 0.15) is 0 Å². The Hall–Kier alpha value is -3.51. The number of fused-ring (bicyclic) bond motifs is 1. The lowest BCUT2D eigenvalue weighted by molar-refractivity contribution is 0.343. The molecule has 0 unspecified atom stereocenters. The topological polar surface area (TPSA) is 84.6 Å². The van der Waals surface area contributed by atoms with Gasteiger partial charge in [0.2, 0.25) is 0 Å². The average Bonchev–Trinajstić information content (AvgIpc) is 2.74. The van der Waals surface area contributed by atoms with E-state index in [9.17, 15) is 15.0 Å². The molecule has 0 saturated carbocycles. The molecule has 1 heterocycles. The molecule has 0 aliphatic rings. The van der Waals surface area contributed by atoms with Gasteiger partial charge in [0, 0.05) is 5.56 Å². The Balaban J connectivity index is 1.96. The van der Waals surface area contributed by atoms with E-state index in [4.69, 9.17) is 16.3 Å². The second-order valence-electron chi connectivity index (χ2n) is 6.33. The molecule has 0 radical (unpaired) electrons. The van der Waals surface area contributed by atoms with Gasteiger partial charge in [-0.1, -0.05) is 6.07 Å². The first-order chi connectivity index (χ1) is 14.1. The fraction of sp³-hybridized carbons (Fsp3) is 0.0909. The lowest BCUT2D eigenvalue weighted by Crippen LogP contribution is -2.22. The summed E-state index contributed by atoms with van der Waals surface area (Å²) < 4.78 is 6.95. The Bertz CT molecular complexity index is 1220. The van der Waals surface area contributed by atoms with Gasteiger partial charge in [-0.05, 0) is 60.7 Å². The van der Waals surface area contributed by atoms with Gasteiger partial charge in [-0.15, -0.1) is 11.6 Å². The number of hydrogen-bond donors (Lipinski definition) is 2. The maximum absolute atomic E-state index is 13.3. The second kappa shape index (κ2) is 7.85. The first kappa shape index (κ1) is 18.8. The van der Waals surface area contributed by atoms with Crippen LogP contribution in [0.25, 0.3) is 28.0 Å². The highest BCUT2D eigenvalue weighted by atomic mass is 35.5. The number of aromatic hydroxyl groups is 2. The van der Waals surface area contributed by atoms with E-state index in [0.717, 1.165) is 0 Å². The number of phenols is 2. The number of ether oxygens (including phenoxy) is 1. The Morgan fingerprint density at radius 1 is 0.966 bits per heavy atom. The van der Waals surface area contributed by atoms with E-state index in [0.29, 0.717) is 40.7 Å². The summed E-state index contributed by atoms with van der Waals surface area (Å²) >= 11 is 5.65. The van der Waals surface area contributed by atoms with Crippen molar-refractivity contribution in [2.24, 2.45) is 0 Å². The van der Waals surface area contributed by atoms with Gasteiger partial charge >= 0.3 is 0 Å². The van der Waals surface area contributed by atoms with Crippen LogP contribution in [-0.2, 0) is 0 Å². The Morgan fingerprint density at radius 2 is 1.69 bits per heavy atom. The molecule has 0 bridgehead atoms. The molecule has 29 heavy (non-hydrogen) atoms. The number of nitrogens with zero attached hydrogens (tertiary/aromatic N) is 2. The number of hydrogen-bond acceptors (Lipinski definition) is 5. The molecule has 2 N–H and O–H groups in total. The summed E-state index contributed by atoms with van der Waals surface area (Å²) in [7, 11) is 0. The zero-order chi connectivity index (χ0) is 20.4. The van der Waals surface area contributed by atoms with E-state index in [1.54, 1.807) is 48.5 Å². The highest BCUT2D eigenvalue weighted by Gasteiger charge is 2.16. The standard InChI is InChI=1S/C22H17ClN2O4/c23-12-13-29-17-10-4-14(5-11-17)21-24-20-18(2-1-3-19(20)27)22(28)25(21)15-6-8-16(26)9-7-15/h1-11,26-27H,12-13H2. The Labute approximate surface area is 171 Å². The number of alkyl halides is 1. The van der Waals surface area contributed by atoms with Gasteiger partial charge in [-0.25, -0.2) is 4.98 Å². The van der Waals surface area contributed by atoms with Crippen LogP contribution in [0.2, 0.25) is 0 Å².